The van der Waals surface area contributed by atoms with E-state index in [1.165, 1.54) is 29.8 Å². The van der Waals surface area contributed by atoms with E-state index in [9.17, 15) is 0 Å². The monoisotopic (exact) mass is 205 g/mol. The lowest BCUT2D eigenvalue weighted by atomic mass is 10.0. The lowest BCUT2D eigenvalue weighted by Gasteiger charge is -2.17. The van der Waals surface area contributed by atoms with Gasteiger partial charge in [-0.25, -0.2) is 0 Å². The van der Waals surface area contributed by atoms with Crippen LogP contribution >= 0.6 is 0 Å². The van der Waals surface area contributed by atoms with E-state index in [0.29, 0.717) is 12.0 Å². The van der Waals surface area contributed by atoms with E-state index in [1.54, 1.807) is 0 Å². The van der Waals surface area contributed by atoms with Crippen LogP contribution < -0.4 is 5.32 Å². The molecule has 1 fully saturated rings. The van der Waals surface area contributed by atoms with Crippen molar-refractivity contribution in [3.8, 4) is 0 Å². The zero-order chi connectivity index (χ0) is 10.6. The molecule has 0 aliphatic heterocycles. The molecule has 0 spiro atoms. The Labute approximate surface area is 90.9 Å². The van der Waals surface area contributed by atoms with Gasteiger partial charge in [0.25, 0.3) is 0 Å². The van der Waals surface area contributed by atoms with E-state index in [-0.39, 0.29) is 0 Å². The van der Waals surface area contributed by atoms with Gasteiger partial charge >= 0.3 is 0 Å². The van der Waals surface area contributed by atoms with Crippen molar-refractivity contribution in [2.24, 2.45) is 13.0 Å². The van der Waals surface area contributed by atoms with Gasteiger partial charge in [0, 0.05) is 30.3 Å². The topological polar surface area (TPSA) is 29.9 Å². The highest BCUT2D eigenvalue weighted by Crippen LogP contribution is 2.47. The van der Waals surface area contributed by atoms with Crippen molar-refractivity contribution < 1.29 is 0 Å². The summed E-state index contributed by atoms with van der Waals surface area (Å²) in [5.74, 6) is 1.50. The van der Waals surface area contributed by atoms with Crippen molar-refractivity contribution in [2.75, 3.05) is 7.05 Å². The SMILES string of the molecule is CNC1c2c(nn(C)c2C2CC2)CC1C. The maximum Gasteiger partial charge on any atom is 0.0678 e. The fourth-order valence-electron chi connectivity index (χ4n) is 3.08. The first-order valence-corrected chi connectivity index (χ1v) is 5.95. The fraction of sp³-hybridized carbons (Fsp3) is 0.750. The van der Waals surface area contributed by atoms with Crippen LogP contribution in [0.3, 0.4) is 0 Å². The Morgan fingerprint density at radius 2 is 2.13 bits per heavy atom. The van der Waals surface area contributed by atoms with Crippen LogP contribution in [0.5, 0.6) is 0 Å². The van der Waals surface area contributed by atoms with Gasteiger partial charge < -0.3 is 5.32 Å². The molecule has 3 nitrogen and oxygen atoms in total. The maximum atomic E-state index is 4.68. The highest BCUT2D eigenvalue weighted by atomic mass is 15.3. The molecule has 3 heteroatoms. The molecular formula is C12H19N3. The van der Waals surface area contributed by atoms with E-state index < -0.39 is 0 Å². The number of aryl methyl sites for hydroxylation is 1. The van der Waals surface area contributed by atoms with E-state index in [4.69, 9.17) is 0 Å². The molecular weight excluding hydrogens is 186 g/mol. The molecule has 2 atom stereocenters. The second-order valence-corrected chi connectivity index (χ2v) is 5.09. The molecule has 0 saturated heterocycles. The first kappa shape index (κ1) is 9.40. The third kappa shape index (κ3) is 1.26. The molecule has 1 aromatic rings. The molecule has 0 bridgehead atoms. The Kier molecular flexibility index (Phi) is 1.93. The molecule has 0 aromatic carbocycles. The first-order chi connectivity index (χ1) is 7.22. The molecule has 1 saturated carbocycles. The summed E-state index contributed by atoms with van der Waals surface area (Å²) in [5, 5.41) is 8.13. The van der Waals surface area contributed by atoms with Gasteiger partial charge in [0.15, 0.2) is 0 Å². The van der Waals surface area contributed by atoms with Crippen molar-refractivity contribution in [3.63, 3.8) is 0 Å². The van der Waals surface area contributed by atoms with Gasteiger partial charge in [0.1, 0.15) is 0 Å². The Morgan fingerprint density at radius 3 is 2.73 bits per heavy atom. The van der Waals surface area contributed by atoms with Gasteiger partial charge in [-0.15, -0.1) is 0 Å². The lowest BCUT2D eigenvalue weighted by Crippen LogP contribution is -2.21. The molecule has 15 heavy (non-hydrogen) atoms. The van der Waals surface area contributed by atoms with Crippen molar-refractivity contribution >= 4 is 0 Å². The quantitative estimate of drug-likeness (QED) is 0.797. The molecule has 1 heterocycles. The van der Waals surface area contributed by atoms with Crippen LogP contribution in [-0.4, -0.2) is 16.8 Å². The normalized spacial score (nSPS) is 29.5. The summed E-state index contributed by atoms with van der Waals surface area (Å²) in [6.45, 7) is 2.32. The lowest BCUT2D eigenvalue weighted by molar-refractivity contribution is 0.436. The average molecular weight is 205 g/mol. The predicted molar refractivity (Wildman–Crippen MR) is 59.9 cm³/mol. The summed E-state index contributed by atoms with van der Waals surface area (Å²) in [6, 6.07) is 0.532. The van der Waals surface area contributed by atoms with Crippen LogP contribution in [0.15, 0.2) is 0 Å². The highest BCUT2D eigenvalue weighted by molar-refractivity contribution is 5.39. The third-order valence-corrected chi connectivity index (χ3v) is 3.88. The minimum absolute atomic E-state index is 0.532. The molecule has 0 radical (unpaired) electrons. The van der Waals surface area contributed by atoms with Crippen molar-refractivity contribution in [2.45, 2.75) is 38.1 Å². The number of aromatic nitrogens is 2. The molecule has 2 aliphatic rings. The summed E-state index contributed by atoms with van der Waals surface area (Å²) < 4.78 is 2.12. The smallest absolute Gasteiger partial charge is 0.0678 e. The van der Waals surface area contributed by atoms with Crippen LogP contribution in [-0.2, 0) is 13.5 Å². The van der Waals surface area contributed by atoms with E-state index in [1.807, 2.05) is 0 Å². The zero-order valence-corrected chi connectivity index (χ0v) is 9.75. The van der Waals surface area contributed by atoms with Gasteiger partial charge in [-0.2, -0.15) is 5.10 Å². The van der Waals surface area contributed by atoms with Gasteiger partial charge in [-0.05, 0) is 32.2 Å². The van der Waals surface area contributed by atoms with Crippen LogP contribution in [0.2, 0.25) is 0 Å². The summed E-state index contributed by atoms with van der Waals surface area (Å²) in [6.07, 6.45) is 3.86. The molecule has 2 unspecified atom stereocenters. The second kappa shape index (κ2) is 3.08. The van der Waals surface area contributed by atoms with Gasteiger partial charge in [-0.3, -0.25) is 4.68 Å². The average Bonchev–Trinajstić information content (AvgIpc) is 2.89. The molecule has 0 amide bonds. The maximum absolute atomic E-state index is 4.68. The Bertz CT molecular complexity index is 390. The molecule has 82 valence electrons. The van der Waals surface area contributed by atoms with E-state index in [0.717, 1.165) is 12.3 Å². The number of hydrogen-bond acceptors (Lipinski definition) is 2. The minimum Gasteiger partial charge on any atom is -0.313 e. The van der Waals surface area contributed by atoms with E-state index >= 15 is 0 Å². The fourth-order valence-corrected chi connectivity index (χ4v) is 3.08. The summed E-state index contributed by atoms with van der Waals surface area (Å²) in [7, 11) is 4.17. The standard InChI is InChI=1S/C12H19N3/c1-7-6-9-10(11(7)13-2)12(8-4-5-8)15(3)14-9/h7-8,11,13H,4-6H2,1-3H3. The number of nitrogens with one attached hydrogen (secondary N) is 1. The van der Waals surface area contributed by atoms with Gasteiger partial charge in [-0.1, -0.05) is 6.92 Å². The van der Waals surface area contributed by atoms with Crippen molar-refractivity contribution in [1.29, 1.82) is 0 Å². The van der Waals surface area contributed by atoms with Crippen LogP contribution in [0.1, 0.15) is 48.7 Å². The predicted octanol–water partition coefficient (Wildman–Crippen LogP) is 1.75. The van der Waals surface area contributed by atoms with Crippen molar-refractivity contribution in [1.82, 2.24) is 15.1 Å². The van der Waals surface area contributed by atoms with E-state index in [2.05, 4.69) is 36.1 Å². The summed E-state index contributed by atoms with van der Waals surface area (Å²) in [4.78, 5) is 0. The first-order valence-electron chi connectivity index (χ1n) is 5.95. The summed E-state index contributed by atoms with van der Waals surface area (Å²) in [5.41, 5.74) is 4.37. The largest absolute Gasteiger partial charge is 0.313 e. The van der Waals surface area contributed by atoms with Gasteiger partial charge in [0.2, 0.25) is 0 Å². The van der Waals surface area contributed by atoms with Gasteiger partial charge in [0.05, 0.1) is 5.69 Å². The Balaban J connectivity index is 2.09. The number of fused-ring (bicyclic) bond motifs is 1. The van der Waals surface area contributed by atoms with Crippen LogP contribution in [0.4, 0.5) is 0 Å². The number of nitrogens with zero attached hydrogens (tertiary/aromatic N) is 2. The molecule has 1 aromatic heterocycles. The Morgan fingerprint density at radius 1 is 1.40 bits per heavy atom. The van der Waals surface area contributed by atoms with Crippen LogP contribution in [0, 0.1) is 5.92 Å². The minimum atomic E-state index is 0.532. The number of hydrogen-bond donors (Lipinski definition) is 1. The molecule has 1 N–H and O–H groups in total. The van der Waals surface area contributed by atoms with Crippen LogP contribution in [0.25, 0.3) is 0 Å². The Hall–Kier alpha value is -0.830. The zero-order valence-electron chi connectivity index (χ0n) is 9.75. The number of rotatable bonds is 2. The second-order valence-electron chi connectivity index (χ2n) is 5.09. The molecule has 3 rings (SSSR count). The summed E-state index contributed by atoms with van der Waals surface area (Å²) >= 11 is 0. The highest BCUT2D eigenvalue weighted by Gasteiger charge is 2.39. The third-order valence-electron chi connectivity index (χ3n) is 3.88. The van der Waals surface area contributed by atoms with Crippen molar-refractivity contribution in [3.05, 3.63) is 17.0 Å². The molecule has 2 aliphatic carbocycles.